The Hall–Kier alpha value is -0.590. The summed E-state index contributed by atoms with van der Waals surface area (Å²) in [5.41, 5.74) is -1.52. The summed E-state index contributed by atoms with van der Waals surface area (Å²) in [5.74, 6) is 0.992. The molecule has 0 spiro atoms. The van der Waals surface area contributed by atoms with Crippen LogP contribution in [0.1, 0.15) is 46.0 Å². The average Bonchev–Trinajstić information content (AvgIpc) is 2.28. The predicted molar refractivity (Wildman–Crippen MR) is 65.2 cm³/mol. The highest BCUT2D eigenvalue weighted by atomic mass is 16.5. The number of aliphatic hydroxyl groups is 1. The Labute approximate surface area is 104 Å². The van der Waals surface area contributed by atoms with Crippen LogP contribution in [-0.2, 0) is 4.74 Å². The highest BCUT2D eigenvalue weighted by Crippen LogP contribution is 2.49. The van der Waals surface area contributed by atoms with Gasteiger partial charge in [-0.3, -0.25) is 0 Å². The van der Waals surface area contributed by atoms with Crippen LogP contribution in [0.5, 0.6) is 0 Å². The third-order valence-corrected chi connectivity index (χ3v) is 4.52. The third kappa shape index (κ3) is 2.21. The van der Waals surface area contributed by atoms with Crippen molar-refractivity contribution in [3.8, 4) is 6.07 Å². The molecule has 3 atom stereocenters. The summed E-state index contributed by atoms with van der Waals surface area (Å²) in [6.45, 7) is 5.48. The van der Waals surface area contributed by atoms with E-state index >= 15 is 0 Å². The molecule has 1 aliphatic heterocycles. The molecular weight excluding hydrogens is 214 g/mol. The summed E-state index contributed by atoms with van der Waals surface area (Å²) >= 11 is 0. The van der Waals surface area contributed by atoms with Gasteiger partial charge in [0.2, 0.25) is 0 Å². The summed E-state index contributed by atoms with van der Waals surface area (Å²) in [4.78, 5) is 0. The van der Waals surface area contributed by atoms with Gasteiger partial charge in [-0.15, -0.1) is 0 Å². The van der Waals surface area contributed by atoms with E-state index in [2.05, 4.69) is 19.9 Å². The number of nitrogens with zero attached hydrogens (tertiary/aromatic N) is 1. The van der Waals surface area contributed by atoms with E-state index in [1.807, 2.05) is 0 Å². The van der Waals surface area contributed by atoms with Crippen LogP contribution in [0.15, 0.2) is 0 Å². The van der Waals surface area contributed by atoms with E-state index in [0.29, 0.717) is 18.4 Å². The second-order valence-corrected chi connectivity index (χ2v) is 6.24. The molecule has 3 nitrogen and oxygen atoms in total. The number of ether oxygens (including phenoxy) is 1. The Morgan fingerprint density at radius 1 is 1.29 bits per heavy atom. The van der Waals surface area contributed by atoms with Crippen molar-refractivity contribution >= 4 is 0 Å². The zero-order valence-corrected chi connectivity index (χ0v) is 10.9. The van der Waals surface area contributed by atoms with Crippen LogP contribution >= 0.6 is 0 Å². The Balaban J connectivity index is 2.25. The van der Waals surface area contributed by atoms with Crippen molar-refractivity contribution in [1.82, 2.24) is 0 Å². The van der Waals surface area contributed by atoms with Crippen molar-refractivity contribution in [2.45, 2.75) is 51.6 Å². The van der Waals surface area contributed by atoms with E-state index in [4.69, 9.17) is 4.74 Å². The van der Waals surface area contributed by atoms with Crippen LogP contribution in [0.4, 0.5) is 0 Å². The molecule has 1 heterocycles. The zero-order chi connectivity index (χ0) is 12.5. The summed E-state index contributed by atoms with van der Waals surface area (Å²) in [5, 5.41) is 20.5. The van der Waals surface area contributed by atoms with Gasteiger partial charge >= 0.3 is 0 Å². The first-order valence-corrected chi connectivity index (χ1v) is 6.73. The summed E-state index contributed by atoms with van der Waals surface area (Å²) < 4.78 is 5.48. The smallest absolute Gasteiger partial charge is 0.109 e. The minimum Gasteiger partial charge on any atom is -0.388 e. The van der Waals surface area contributed by atoms with Gasteiger partial charge in [0.25, 0.3) is 0 Å². The Bertz CT molecular complexity index is 305. The first kappa shape index (κ1) is 12.9. The fraction of sp³-hybridized carbons (Fsp3) is 0.929. The van der Waals surface area contributed by atoms with Crippen LogP contribution in [0.25, 0.3) is 0 Å². The third-order valence-electron chi connectivity index (χ3n) is 4.52. The minimum absolute atomic E-state index is 0.402. The molecule has 2 fully saturated rings. The topological polar surface area (TPSA) is 53.2 Å². The molecule has 1 saturated carbocycles. The fourth-order valence-electron chi connectivity index (χ4n) is 3.83. The molecule has 3 unspecified atom stereocenters. The van der Waals surface area contributed by atoms with Gasteiger partial charge in [-0.25, -0.2) is 0 Å². The van der Waals surface area contributed by atoms with Gasteiger partial charge in [0, 0.05) is 6.61 Å². The van der Waals surface area contributed by atoms with Crippen LogP contribution < -0.4 is 0 Å². The molecule has 0 aromatic rings. The van der Waals surface area contributed by atoms with Crippen molar-refractivity contribution in [2.75, 3.05) is 13.2 Å². The lowest BCUT2D eigenvalue weighted by molar-refractivity contribution is -0.151. The van der Waals surface area contributed by atoms with Gasteiger partial charge < -0.3 is 9.84 Å². The average molecular weight is 237 g/mol. The van der Waals surface area contributed by atoms with E-state index < -0.39 is 11.0 Å². The highest BCUT2D eigenvalue weighted by molar-refractivity contribution is 5.14. The fourth-order valence-corrected chi connectivity index (χ4v) is 3.83. The molecule has 1 N–H and O–H groups in total. The molecule has 2 aliphatic rings. The SMILES string of the molecule is CC1CC(C)CC(O)(C2(C#N)CCCOC2)C1. The molecular formula is C14H23NO2. The molecule has 0 radical (unpaired) electrons. The van der Waals surface area contributed by atoms with Gasteiger partial charge in [-0.05, 0) is 43.9 Å². The molecule has 0 amide bonds. The van der Waals surface area contributed by atoms with Crippen molar-refractivity contribution in [3.63, 3.8) is 0 Å². The maximum absolute atomic E-state index is 11.0. The van der Waals surface area contributed by atoms with E-state index in [-0.39, 0.29) is 0 Å². The summed E-state index contributed by atoms with van der Waals surface area (Å²) in [7, 11) is 0. The molecule has 1 aliphatic carbocycles. The lowest BCUT2D eigenvalue weighted by Crippen LogP contribution is -2.55. The molecule has 1 saturated heterocycles. The molecule has 0 aromatic heterocycles. The Morgan fingerprint density at radius 3 is 2.41 bits per heavy atom. The van der Waals surface area contributed by atoms with Crippen LogP contribution in [-0.4, -0.2) is 23.9 Å². The number of rotatable bonds is 1. The van der Waals surface area contributed by atoms with Gasteiger partial charge in [-0.1, -0.05) is 13.8 Å². The summed E-state index contributed by atoms with van der Waals surface area (Å²) in [6, 6.07) is 2.39. The second-order valence-electron chi connectivity index (χ2n) is 6.24. The maximum atomic E-state index is 11.0. The monoisotopic (exact) mass is 237 g/mol. The molecule has 96 valence electrons. The molecule has 3 heteroatoms. The number of hydrogen-bond donors (Lipinski definition) is 1. The van der Waals surface area contributed by atoms with Crippen LogP contribution in [0.3, 0.4) is 0 Å². The van der Waals surface area contributed by atoms with Crippen LogP contribution in [0.2, 0.25) is 0 Å². The molecule has 17 heavy (non-hydrogen) atoms. The summed E-state index contributed by atoms with van der Waals surface area (Å²) in [6.07, 6.45) is 4.31. The van der Waals surface area contributed by atoms with E-state index in [0.717, 1.165) is 38.7 Å². The lowest BCUT2D eigenvalue weighted by atomic mass is 9.59. The van der Waals surface area contributed by atoms with Crippen molar-refractivity contribution in [3.05, 3.63) is 0 Å². The van der Waals surface area contributed by atoms with E-state index in [1.54, 1.807) is 0 Å². The normalized spacial score (nSPS) is 47.4. The van der Waals surface area contributed by atoms with Crippen LogP contribution in [0, 0.1) is 28.6 Å². The highest BCUT2D eigenvalue weighted by Gasteiger charge is 2.54. The molecule has 2 rings (SSSR count). The zero-order valence-electron chi connectivity index (χ0n) is 10.9. The van der Waals surface area contributed by atoms with Gasteiger partial charge in [0.1, 0.15) is 5.41 Å². The largest absolute Gasteiger partial charge is 0.388 e. The standard InChI is InChI=1S/C14H23NO2/c1-11-6-12(2)8-14(16,7-11)13(9-15)4-3-5-17-10-13/h11-12,16H,3-8,10H2,1-2H3. The van der Waals surface area contributed by atoms with Gasteiger partial charge in [-0.2, -0.15) is 5.26 Å². The van der Waals surface area contributed by atoms with Crippen molar-refractivity contribution in [2.24, 2.45) is 17.3 Å². The first-order valence-electron chi connectivity index (χ1n) is 6.73. The second kappa shape index (κ2) is 4.59. The molecule has 0 bridgehead atoms. The van der Waals surface area contributed by atoms with E-state index in [1.165, 1.54) is 0 Å². The predicted octanol–water partition coefficient (Wildman–Crippen LogP) is 2.49. The number of hydrogen-bond acceptors (Lipinski definition) is 3. The lowest BCUT2D eigenvalue weighted by Gasteiger charge is -2.49. The number of nitriles is 1. The van der Waals surface area contributed by atoms with Crippen molar-refractivity contribution < 1.29 is 9.84 Å². The van der Waals surface area contributed by atoms with Gasteiger partial charge in [0.05, 0.1) is 18.3 Å². The minimum atomic E-state index is -0.848. The maximum Gasteiger partial charge on any atom is 0.109 e. The first-order chi connectivity index (χ1) is 8.01. The Kier molecular flexibility index (Phi) is 3.47. The van der Waals surface area contributed by atoms with Crippen molar-refractivity contribution in [1.29, 1.82) is 5.26 Å². The Morgan fingerprint density at radius 2 is 1.94 bits per heavy atom. The quantitative estimate of drug-likeness (QED) is 0.762. The molecule has 0 aromatic carbocycles. The van der Waals surface area contributed by atoms with Gasteiger partial charge in [0.15, 0.2) is 0 Å². The van der Waals surface area contributed by atoms with E-state index in [9.17, 15) is 10.4 Å².